The second-order valence-electron chi connectivity index (χ2n) is 4.93. The molecule has 0 radical (unpaired) electrons. The average Bonchev–Trinajstić information content (AvgIpc) is 2.69. The second kappa shape index (κ2) is 5.27. The minimum absolute atomic E-state index is 0.0289. The number of benzene rings is 1. The van der Waals surface area contributed by atoms with Crippen molar-refractivity contribution in [2.45, 2.75) is 19.0 Å². The molecule has 0 aromatic heterocycles. The van der Waals surface area contributed by atoms with Gasteiger partial charge in [-0.1, -0.05) is 0 Å². The molecule has 1 aromatic rings. The van der Waals surface area contributed by atoms with Crippen molar-refractivity contribution in [2.24, 2.45) is 0 Å². The van der Waals surface area contributed by atoms with E-state index in [0.29, 0.717) is 18.5 Å². The van der Waals surface area contributed by atoms with Gasteiger partial charge < -0.3 is 0 Å². The summed E-state index contributed by atoms with van der Waals surface area (Å²) in [6.45, 7) is 0.437. The lowest BCUT2D eigenvalue weighted by Gasteiger charge is -2.23. The molecule has 0 spiro atoms. The molecular weight excluding hydrogens is 267 g/mol. The van der Waals surface area contributed by atoms with Gasteiger partial charge in [-0.15, -0.1) is 0 Å². The SMILES string of the molecule is CN(Cc1cc(F)cc(C#N)c1)C1CCS(=O)(=O)C1. The van der Waals surface area contributed by atoms with Gasteiger partial charge in [-0.3, -0.25) is 4.90 Å². The first-order valence-corrected chi connectivity index (χ1v) is 7.82. The molecule has 2 rings (SSSR count). The molecule has 0 saturated carbocycles. The van der Waals surface area contributed by atoms with Crippen molar-refractivity contribution in [3.63, 3.8) is 0 Å². The van der Waals surface area contributed by atoms with Crippen LogP contribution in [0.25, 0.3) is 0 Å². The number of nitrogens with zero attached hydrogens (tertiary/aromatic N) is 2. The summed E-state index contributed by atoms with van der Waals surface area (Å²) in [7, 11) is -1.10. The van der Waals surface area contributed by atoms with Gasteiger partial charge in [0.2, 0.25) is 0 Å². The van der Waals surface area contributed by atoms with E-state index in [1.165, 1.54) is 12.1 Å². The van der Waals surface area contributed by atoms with E-state index < -0.39 is 15.7 Å². The first kappa shape index (κ1) is 14.0. The molecule has 0 bridgehead atoms. The molecule has 6 heteroatoms. The Morgan fingerprint density at radius 3 is 2.79 bits per heavy atom. The highest BCUT2D eigenvalue weighted by atomic mass is 32.2. The zero-order valence-electron chi connectivity index (χ0n) is 10.6. The van der Waals surface area contributed by atoms with E-state index in [-0.39, 0.29) is 23.1 Å². The molecule has 1 aromatic carbocycles. The van der Waals surface area contributed by atoms with Crippen molar-refractivity contribution >= 4 is 9.84 Å². The van der Waals surface area contributed by atoms with Gasteiger partial charge in [-0.05, 0) is 37.2 Å². The standard InChI is InChI=1S/C13H15FN2O2S/c1-16(13-2-3-19(17,18)9-13)8-11-4-10(7-15)5-12(14)6-11/h4-6,13H,2-3,8-9H2,1H3. The van der Waals surface area contributed by atoms with Crippen LogP contribution in [0.4, 0.5) is 4.39 Å². The van der Waals surface area contributed by atoms with Crippen molar-refractivity contribution in [2.75, 3.05) is 18.6 Å². The topological polar surface area (TPSA) is 61.2 Å². The fourth-order valence-corrected chi connectivity index (χ4v) is 4.15. The molecule has 1 heterocycles. The van der Waals surface area contributed by atoms with Crippen LogP contribution in [-0.2, 0) is 16.4 Å². The second-order valence-corrected chi connectivity index (χ2v) is 7.16. The maximum atomic E-state index is 13.3. The largest absolute Gasteiger partial charge is 0.298 e. The predicted octanol–water partition coefficient (Wildman–Crippen LogP) is 1.32. The van der Waals surface area contributed by atoms with Crippen LogP contribution in [0, 0.1) is 17.1 Å². The van der Waals surface area contributed by atoms with E-state index in [9.17, 15) is 12.8 Å². The Labute approximate surface area is 112 Å². The quantitative estimate of drug-likeness (QED) is 0.839. The molecule has 102 valence electrons. The Morgan fingerprint density at radius 1 is 1.47 bits per heavy atom. The normalized spacial score (nSPS) is 21.5. The zero-order valence-corrected chi connectivity index (χ0v) is 11.5. The number of nitriles is 1. The predicted molar refractivity (Wildman–Crippen MR) is 69.6 cm³/mol. The molecule has 4 nitrogen and oxygen atoms in total. The van der Waals surface area contributed by atoms with E-state index >= 15 is 0 Å². The summed E-state index contributed by atoms with van der Waals surface area (Å²) in [6, 6.07) is 6.07. The van der Waals surface area contributed by atoms with E-state index in [1.54, 1.807) is 6.07 Å². The summed E-state index contributed by atoms with van der Waals surface area (Å²) in [5.41, 5.74) is 0.964. The van der Waals surface area contributed by atoms with Crippen LogP contribution in [0.15, 0.2) is 18.2 Å². The Bertz CT molecular complexity index is 622. The van der Waals surface area contributed by atoms with Crippen molar-refractivity contribution in [3.05, 3.63) is 35.1 Å². The lowest BCUT2D eigenvalue weighted by Crippen LogP contribution is -2.32. The first-order chi connectivity index (χ1) is 8.89. The monoisotopic (exact) mass is 282 g/mol. The number of rotatable bonds is 3. The Kier molecular flexibility index (Phi) is 3.88. The minimum Gasteiger partial charge on any atom is -0.298 e. The zero-order chi connectivity index (χ0) is 14.0. The summed E-state index contributed by atoms with van der Waals surface area (Å²) in [5.74, 6) is -0.0695. The van der Waals surface area contributed by atoms with Gasteiger partial charge >= 0.3 is 0 Å². The van der Waals surface area contributed by atoms with Crippen LogP contribution < -0.4 is 0 Å². The average molecular weight is 282 g/mol. The van der Waals surface area contributed by atoms with Crippen molar-refractivity contribution in [1.82, 2.24) is 4.90 Å². The van der Waals surface area contributed by atoms with Gasteiger partial charge in [0.05, 0.1) is 23.1 Å². The summed E-state index contributed by atoms with van der Waals surface area (Å²) in [4.78, 5) is 1.90. The number of sulfone groups is 1. The van der Waals surface area contributed by atoms with E-state index in [1.807, 2.05) is 18.0 Å². The third-order valence-electron chi connectivity index (χ3n) is 3.35. The molecule has 0 aliphatic carbocycles. The van der Waals surface area contributed by atoms with Gasteiger partial charge in [-0.2, -0.15) is 5.26 Å². The van der Waals surface area contributed by atoms with Gasteiger partial charge in [0.15, 0.2) is 9.84 Å². The van der Waals surface area contributed by atoms with Crippen molar-refractivity contribution in [3.8, 4) is 6.07 Å². The van der Waals surface area contributed by atoms with Crippen LogP contribution in [0.5, 0.6) is 0 Å². The molecule has 19 heavy (non-hydrogen) atoms. The molecular formula is C13H15FN2O2S. The fraction of sp³-hybridized carbons (Fsp3) is 0.462. The number of halogens is 1. The van der Waals surface area contributed by atoms with Crippen LogP contribution in [-0.4, -0.2) is 37.9 Å². The first-order valence-electron chi connectivity index (χ1n) is 6.00. The highest BCUT2D eigenvalue weighted by Crippen LogP contribution is 2.19. The molecule has 1 aliphatic rings. The van der Waals surface area contributed by atoms with E-state index in [4.69, 9.17) is 5.26 Å². The maximum absolute atomic E-state index is 13.3. The van der Waals surface area contributed by atoms with Crippen LogP contribution >= 0.6 is 0 Å². The molecule has 0 amide bonds. The summed E-state index contributed by atoms with van der Waals surface area (Å²) >= 11 is 0. The lowest BCUT2D eigenvalue weighted by atomic mass is 10.1. The molecule has 1 atom stereocenters. The molecule has 1 fully saturated rings. The molecule has 1 unspecified atom stereocenters. The molecule has 1 aliphatic heterocycles. The van der Waals surface area contributed by atoms with Crippen molar-refractivity contribution < 1.29 is 12.8 Å². The van der Waals surface area contributed by atoms with Gasteiger partial charge in [0.1, 0.15) is 5.82 Å². The minimum atomic E-state index is -2.92. The summed E-state index contributed by atoms with van der Waals surface area (Å²) in [5, 5.41) is 8.79. The lowest BCUT2D eigenvalue weighted by molar-refractivity contribution is 0.253. The number of hydrogen-bond donors (Lipinski definition) is 0. The maximum Gasteiger partial charge on any atom is 0.151 e. The fourth-order valence-electron chi connectivity index (χ4n) is 2.35. The van der Waals surface area contributed by atoms with Gasteiger partial charge in [-0.25, -0.2) is 12.8 Å². The van der Waals surface area contributed by atoms with Crippen molar-refractivity contribution in [1.29, 1.82) is 5.26 Å². The van der Waals surface area contributed by atoms with Crippen LogP contribution in [0.1, 0.15) is 17.5 Å². The number of hydrogen-bond acceptors (Lipinski definition) is 4. The van der Waals surface area contributed by atoms with Crippen LogP contribution in [0.3, 0.4) is 0 Å². The van der Waals surface area contributed by atoms with E-state index in [2.05, 4.69) is 0 Å². The third kappa shape index (κ3) is 3.52. The molecule has 1 saturated heterocycles. The highest BCUT2D eigenvalue weighted by Gasteiger charge is 2.30. The third-order valence-corrected chi connectivity index (χ3v) is 5.10. The van der Waals surface area contributed by atoms with Crippen LogP contribution in [0.2, 0.25) is 0 Å². The molecule has 0 N–H and O–H groups in total. The Balaban J connectivity index is 2.09. The van der Waals surface area contributed by atoms with Gasteiger partial charge in [0, 0.05) is 12.6 Å². The summed E-state index contributed by atoms with van der Waals surface area (Å²) in [6.07, 6.45) is 0.610. The van der Waals surface area contributed by atoms with E-state index in [0.717, 1.165) is 0 Å². The van der Waals surface area contributed by atoms with Gasteiger partial charge in [0.25, 0.3) is 0 Å². The Hall–Kier alpha value is -1.45. The highest BCUT2D eigenvalue weighted by molar-refractivity contribution is 7.91. The smallest absolute Gasteiger partial charge is 0.151 e. The Morgan fingerprint density at radius 2 is 2.21 bits per heavy atom. The summed E-state index contributed by atoms with van der Waals surface area (Å²) < 4.78 is 36.1.